The summed E-state index contributed by atoms with van der Waals surface area (Å²) in [7, 11) is -0.0834. The Morgan fingerprint density at radius 1 is 1.35 bits per heavy atom. The van der Waals surface area contributed by atoms with Crippen LogP contribution >= 0.6 is 11.6 Å². The Morgan fingerprint density at radius 2 is 1.95 bits per heavy atom. The van der Waals surface area contributed by atoms with Crippen molar-refractivity contribution in [3.8, 4) is 0 Å². The van der Waals surface area contributed by atoms with E-state index in [1.165, 1.54) is 14.0 Å². The van der Waals surface area contributed by atoms with Crippen LogP contribution < -0.4 is 5.32 Å². The molecule has 0 bridgehead atoms. The Labute approximate surface area is 125 Å². The lowest BCUT2D eigenvalue weighted by molar-refractivity contribution is -0.144. The van der Waals surface area contributed by atoms with Crippen molar-refractivity contribution in [1.82, 2.24) is 5.32 Å². The van der Waals surface area contributed by atoms with Gasteiger partial charge >= 0.3 is 5.97 Å². The van der Waals surface area contributed by atoms with E-state index in [4.69, 9.17) is 11.6 Å². The van der Waals surface area contributed by atoms with Gasteiger partial charge in [-0.1, -0.05) is 23.7 Å². The van der Waals surface area contributed by atoms with Gasteiger partial charge in [-0.2, -0.15) is 0 Å². The first-order valence-electron chi connectivity index (χ1n) is 5.86. The molecule has 1 aromatic rings. The van der Waals surface area contributed by atoms with Gasteiger partial charge in [0.15, 0.2) is 0 Å². The van der Waals surface area contributed by atoms with E-state index in [0.717, 1.165) is 5.56 Å². The molecule has 0 saturated carbocycles. The summed E-state index contributed by atoms with van der Waals surface area (Å²) in [6.45, 7) is 1.29. The summed E-state index contributed by atoms with van der Waals surface area (Å²) in [6, 6.07) is 6.06. The van der Waals surface area contributed by atoms with Crippen molar-refractivity contribution in [2.24, 2.45) is 0 Å². The average Bonchev–Trinajstić information content (AvgIpc) is 2.39. The van der Waals surface area contributed by atoms with Crippen molar-refractivity contribution in [3.05, 3.63) is 34.9 Å². The normalized spacial score (nSPS) is 13.3. The van der Waals surface area contributed by atoms with Gasteiger partial charge in [-0.15, -0.1) is 0 Å². The fourth-order valence-electron chi connectivity index (χ4n) is 1.57. The van der Waals surface area contributed by atoms with Crippen LogP contribution in [-0.4, -0.2) is 35.0 Å². The standard InChI is InChI=1S/C13H16ClNO4S/c1-9(16)15-12(13(17)19-2)8-20(18)7-10-3-5-11(14)6-4-10/h3-6,12H,7-8H2,1-2H3,(H,15,16). The maximum absolute atomic E-state index is 12.0. The molecule has 1 amide bonds. The molecule has 5 nitrogen and oxygen atoms in total. The van der Waals surface area contributed by atoms with Gasteiger partial charge < -0.3 is 10.1 Å². The third-order valence-corrected chi connectivity index (χ3v) is 4.07. The minimum absolute atomic E-state index is 0.00881. The number of amides is 1. The molecule has 7 heteroatoms. The van der Waals surface area contributed by atoms with E-state index in [1.807, 2.05) is 0 Å². The van der Waals surface area contributed by atoms with Gasteiger partial charge in [0, 0.05) is 28.5 Å². The quantitative estimate of drug-likeness (QED) is 0.802. The van der Waals surface area contributed by atoms with Gasteiger partial charge in [0.25, 0.3) is 0 Å². The van der Waals surface area contributed by atoms with E-state index < -0.39 is 22.8 Å². The fourth-order valence-corrected chi connectivity index (χ4v) is 2.97. The Hall–Kier alpha value is -1.40. The first-order valence-corrected chi connectivity index (χ1v) is 7.73. The highest BCUT2D eigenvalue weighted by Gasteiger charge is 2.22. The van der Waals surface area contributed by atoms with Crippen LogP contribution in [0.5, 0.6) is 0 Å². The van der Waals surface area contributed by atoms with Crippen LogP contribution in [0.25, 0.3) is 0 Å². The number of methoxy groups -OCH3 is 1. The topological polar surface area (TPSA) is 72.5 Å². The van der Waals surface area contributed by atoms with Gasteiger partial charge in [0.05, 0.1) is 12.9 Å². The number of hydrogen-bond acceptors (Lipinski definition) is 4. The van der Waals surface area contributed by atoms with Gasteiger partial charge in [-0.3, -0.25) is 9.00 Å². The number of hydrogen-bond donors (Lipinski definition) is 1. The summed E-state index contributed by atoms with van der Waals surface area (Å²) in [5, 5.41) is 3.03. The Bertz CT molecular complexity index is 504. The van der Waals surface area contributed by atoms with E-state index in [9.17, 15) is 13.8 Å². The molecule has 110 valence electrons. The van der Waals surface area contributed by atoms with Gasteiger partial charge in [-0.05, 0) is 17.7 Å². The molecule has 20 heavy (non-hydrogen) atoms. The molecule has 1 rings (SSSR count). The zero-order valence-corrected chi connectivity index (χ0v) is 12.8. The number of benzene rings is 1. The second-order valence-electron chi connectivity index (χ2n) is 4.15. The largest absolute Gasteiger partial charge is 0.467 e. The summed E-state index contributed by atoms with van der Waals surface area (Å²) in [6.07, 6.45) is 0. The average molecular weight is 318 g/mol. The molecule has 1 N–H and O–H groups in total. The Morgan fingerprint density at radius 3 is 2.45 bits per heavy atom. The van der Waals surface area contributed by atoms with Crippen LogP contribution in [0.15, 0.2) is 24.3 Å². The molecule has 0 saturated heterocycles. The summed E-state index contributed by atoms with van der Waals surface area (Å²) in [4.78, 5) is 22.5. The zero-order chi connectivity index (χ0) is 15.1. The molecule has 0 aromatic heterocycles. The number of carbonyl (C=O) groups excluding carboxylic acids is 2. The highest BCUT2D eigenvalue weighted by Crippen LogP contribution is 2.11. The van der Waals surface area contributed by atoms with Crippen molar-refractivity contribution in [2.75, 3.05) is 12.9 Å². The van der Waals surface area contributed by atoms with Crippen LogP contribution in [0.2, 0.25) is 5.02 Å². The van der Waals surface area contributed by atoms with Gasteiger partial charge in [0.2, 0.25) is 5.91 Å². The molecule has 0 aliphatic carbocycles. The number of ether oxygens (including phenoxy) is 1. The number of carbonyl (C=O) groups is 2. The van der Waals surface area contributed by atoms with Crippen LogP contribution in [0.3, 0.4) is 0 Å². The Kier molecular flexibility index (Phi) is 6.67. The highest BCUT2D eigenvalue weighted by molar-refractivity contribution is 7.84. The van der Waals surface area contributed by atoms with Crippen molar-refractivity contribution < 1.29 is 18.5 Å². The predicted molar refractivity (Wildman–Crippen MR) is 77.8 cm³/mol. The van der Waals surface area contributed by atoms with E-state index in [1.54, 1.807) is 24.3 Å². The number of nitrogens with one attached hydrogen (secondary N) is 1. The minimum atomic E-state index is -1.30. The molecular weight excluding hydrogens is 302 g/mol. The summed E-state index contributed by atoms with van der Waals surface area (Å²) >= 11 is 5.77. The zero-order valence-electron chi connectivity index (χ0n) is 11.2. The van der Waals surface area contributed by atoms with E-state index in [-0.39, 0.29) is 17.4 Å². The lowest BCUT2D eigenvalue weighted by Gasteiger charge is -2.15. The van der Waals surface area contributed by atoms with Crippen LogP contribution in [0.4, 0.5) is 0 Å². The van der Waals surface area contributed by atoms with Gasteiger partial charge in [-0.25, -0.2) is 4.79 Å². The highest BCUT2D eigenvalue weighted by atomic mass is 35.5. The second-order valence-corrected chi connectivity index (χ2v) is 6.09. The van der Waals surface area contributed by atoms with Gasteiger partial charge in [0.1, 0.15) is 6.04 Å². The van der Waals surface area contributed by atoms with Crippen molar-refractivity contribution in [2.45, 2.75) is 18.7 Å². The first-order chi connectivity index (χ1) is 9.42. The first kappa shape index (κ1) is 16.7. The van der Waals surface area contributed by atoms with Crippen molar-refractivity contribution >= 4 is 34.3 Å². The van der Waals surface area contributed by atoms with Crippen molar-refractivity contribution in [1.29, 1.82) is 0 Å². The molecule has 0 radical (unpaired) electrons. The summed E-state index contributed by atoms with van der Waals surface area (Å²) < 4.78 is 16.6. The smallest absolute Gasteiger partial charge is 0.329 e. The second kappa shape index (κ2) is 8.01. The molecule has 0 aliphatic heterocycles. The third-order valence-electron chi connectivity index (χ3n) is 2.46. The van der Waals surface area contributed by atoms with Crippen LogP contribution in [0, 0.1) is 0 Å². The van der Waals surface area contributed by atoms with E-state index >= 15 is 0 Å². The van der Waals surface area contributed by atoms with Crippen molar-refractivity contribution in [3.63, 3.8) is 0 Å². The lowest BCUT2D eigenvalue weighted by Crippen LogP contribution is -2.44. The molecule has 2 unspecified atom stereocenters. The number of esters is 1. The summed E-state index contributed by atoms with van der Waals surface area (Å²) in [5.41, 5.74) is 0.846. The number of rotatable bonds is 6. The lowest BCUT2D eigenvalue weighted by atomic mass is 10.2. The molecule has 0 aliphatic rings. The maximum atomic E-state index is 12.0. The SMILES string of the molecule is COC(=O)C(CS(=O)Cc1ccc(Cl)cc1)NC(C)=O. The Balaban J connectivity index is 2.63. The molecule has 0 heterocycles. The van der Waals surface area contributed by atoms with E-state index in [2.05, 4.69) is 10.1 Å². The molecular formula is C13H16ClNO4S. The minimum Gasteiger partial charge on any atom is -0.467 e. The van der Waals surface area contributed by atoms with E-state index in [0.29, 0.717) is 5.02 Å². The van der Waals surface area contributed by atoms with Crippen LogP contribution in [-0.2, 0) is 30.9 Å². The predicted octanol–water partition coefficient (Wildman–Crippen LogP) is 1.27. The third kappa shape index (κ3) is 5.71. The molecule has 0 spiro atoms. The van der Waals surface area contributed by atoms with Crippen LogP contribution in [0.1, 0.15) is 12.5 Å². The summed E-state index contributed by atoms with van der Waals surface area (Å²) in [5.74, 6) is -0.687. The monoisotopic (exact) mass is 317 g/mol. The molecule has 1 aromatic carbocycles. The number of halogens is 1. The maximum Gasteiger partial charge on any atom is 0.329 e. The fraction of sp³-hybridized carbons (Fsp3) is 0.385. The molecule has 0 fully saturated rings. The molecule has 2 atom stereocenters.